The molecule has 0 N–H and O–H groups in total. The molecule has 24 heavy (non-hydrogen) atoms. The highest BCUT2D eigenvalue weighted by Gasteiger charge is 2.23. The van der Waals surface area contributed by atoms with Crippen molar-refractivity contribution in [1.29, 1.82) is 0 Å². The van der Waals surface area contributed by atoms with Crippen LogP contribution in [0.15, 0.2) is 22.8 Å². The van der Waals surface area contributed by atoms with Crippen LogP contribution in [-0.2, 0) is 19.1 Å². The monoisotopic (exact) mass is 336 g/mol. The Labute approximate surface area is 146 Å². The van der Waals surface area contributed by atoms with Gasteiger partial charge >= 0.3 is 11.9 Å². The molecule has 0 atom stereocenters. The van der Waals surface area contributed by atoms with Gasteiger partial charge in [-0.05, 0) is 45.1 Å². The Balaban J connectivity index is 2.78. The molecular weight excluding hydrogens is 304 g/mol. The molecule has 0 aromatic heterocycles. The maximum absolute atomic E-state index is 12.4. The van der Waals surface area contributed by atoms with Gasteiger partial charge in [0.15, 0.2) is 0 Å². The normalized spacial score (nSPS) is 14.9. The lowest BCUT2D eigenvalue weighted by Gasteiger charge is -2.11. The predicted molar refractivity (Wildman–Crippen MR) is 95.6 cm³/mol. The topological polar surface area (TPSA) is 52.6 Å². The lowest BCUT2D eigenvalue weighted by Crippen LogP contribution is -2.16. The van der Waals surface area contributed by atoms with E-state index in [1.807, 2.05) is 6.92 Å². The van der Waals surface area contributed by atoms with Gasteiger partial charge in [0.05, 0.1) is 24.4 Å². The summed E-state index contributed by atoms with van der Waals surface area (Å²) in [4.78, 5) is 24.8. The van der Waals surface area contributed by atoms with Crippen LogP contribution in [0.25, 0.3) is 0 Å². The van der Waals surface area contributed by atoms with Crippen LogP contribution in [0, 0.1) is 0 Å². The maximum atomic E-state index is 12.4. The first-order chi connectivity index (χ1) is 11.6. The molecule has 0 heterocycles. The van der Waals surface area contributed by atoms with Crippen LogP contribution < -0.4 is 0 Å². The zero-order chi connectivity index (χ0) is 17.8. The smallest absolute Gasteiger partial charge is 0.338 e. The zero-order valence-electron chi connectivity index (χ0n) is 15.5. The highest BCUT2D eigenvalue weighted by Crippen LogP contribution is 2.25. The highest BCUT2D eigenvalue weighted by molar-refractivity contribution is 6.02. The molecule has 0 unspecified atom stereocenters. The summed E-state index contributed by atoms with van der Waals surface area (Å²) >= 11 is 0. The van der Waals surface area contributed by atoms with Gasteiger partial charge in [0, 0.05) is 0 Å². The van der Waals surface area contributed by atoms with E-state index in [-0.39, 0.29) is 5.97 Å². The number of hydrogen-bond donors (Lipinski definition) is 0. The molecule has 0 fully saturated rings. The van der Waals surface area contributed by atoms with Gasteiger partial charge in [0.1, 0.15) is 0 Å². The lowest BCUT2D eigenvalue weighted by atomic mass is 10.0. The molecule has 1 rings (SSSR count). The van der Waals surface area contributed by atoms with Crippen molar-refractivity contribution in [3.63, 3.8) is 0 Å². The second kappa shape index (κ2) is 11.9. The second-order valence-electron chi connectivity index (χ2n) is 6.42. The predicted octanol–water partition coefficient (Wildman–Crippen LogP) is 4.88. The molecule has 1 aliphatic rings. The number of allylic oxidation sites excluding steroid dienone is 1. The Morgan fingerprint density at radius 3 is 2.08 bits per heavy atom. The fraction of sp³-hybridized carbons (Fsp3) is 0.700. The van der Waals surface area contributed by atoms with E-state index in [2.05, 4.69) is 13.8 Å². The fourth-order valence-electron chi connectivity index (χ4n) is 2.68. The van der Waals surface area contributed by atoms with E-state index < -0.39 is 5.97 Å². The number of esters is 2. The van der Waals surface area contributed by atoms with Crippen molar-refractivity contribution in [3.05, 3.63) is 22.8 Å². The van der Waals surface area contributed by atoms with Crippen LogP contribution in [-0.4, -0.2) is 25.2 Å². The summed E-state index contributed by atoms with van der Waals surface area (Å²) in [6.45, 7) is 7.02. The third-order valence-corrected chi connectivity index (χ3v) is 4.14. The van der Waals surface area contributed by atoms with Gasteiger partial charge in [-0.15, -0.1) is 0 Å². The van der Waals surface area contributed by atoms with E-state index in [9.17, 15) is 9.59 Å². The van der Waals surface area contributed by atoms with Gasteiger partial charge in [-0.3, -0.25) is 0 Å². The minimum atomic E-state index is -0.395. The van der Waals surface area contributed by atoms with E-state index in [0.29, 0.717) is 30.8 Å². The van der Waals surface area contributed by atoms with Crippen molar-refractivity contribution in [1.82, 2.24) is 0 Å². The molecule has 0 aromatic carbocycles. The molecule has 0 saturated heterocycles. The Bertz CT molecular complexity index is 474. The molecule has 0 aromatic rings. The molecule has 0 bridgehead atoms. The Hall–Kier alpha value is -1.58. The van der Waals surface area contributed by atoms with Crippen molar-refractivity contribution in [3.8, 4) is 0 Å². The molecule has 1 aliphatic carbocycles. The number of ether oxygens (including phenoxy) is 2. The number of unbranched alkanes of at least 4 members (excludes halogenated alkanes) is 4. The minimum Gasteiger partial charge on any atom is -0.462 e. The van der Waals surface area contributed by atoms with Crippen molar-refractivity contribution >= 4 is 11.9 Å². The molecule has 4 heteroatoms. The molecule has 0 spiro atoms. The van der Waals surface area contributed by atoms with Crippen LogP contribution in [0.5, 0.6) is 0 Å². The van der Waals surface area contributed by atoms with Crippen molar-refractivity contribution in [2.24, 2.45) is 0 Å². The lowest BCUT2D eigenvalue weighted by molar-refractivity contribution is -0.142. The van der Waals surface area contributed by atoms with Gasteiger partial charge in [-0.25, -0.2) is 9.59 Å². The summed E-state index contributed by atoms with van der Waals surface area (Å²) in [5.74, 6) is -0.759. The first kappa shape index (κ1) is 20.5. The summed E-state index contributed by atoms with van der Waals surface area (Å²) in [7, 11) is 0. The first-order valence-corrected chi connectivity index (χ1v) is 9.34. The molecular formula is C20H32O4. The van der Waals surface area contributed by atoms with E-state index in [0.717, 1.165) is 56.9 Å². The Morgan fingerprint density at radius 2 is 1.50 bits per heavy atom. The second-order valence-corrected chi connectivity index (χ2v) is 6.42. The third kappa shape index (κ3) is 7.33. The van der Waals surface area contributed by atoms with Crippen LogP contribution in [0.1, 0.15) is 78.6 Å². The van der Waals surface area contributed by atoms with Crippen LogP contribution >= 0.6 is 0 Å². The standard InChI is InChI=1S/C20H32O4/c1-4-6-8-13-23-19(21)17-12-10-11-16(3)15-18(17)20(22)24-14-9-7-5-2/h15H,4-14H2,1-3H3. The molecule has 4 nitrogen and oxygen atoms in total. The zero-order valence-corrected chi connectivity index (χ0v) is 15.5. The van der Waals surface area contributed by atoms with Crippen molar-refractivity contribution in [2.75, 3.05) is 13.2 Å². The van der Waals surface area contributed by atoms with E-state index in [4.69, 9.17) is 9.47 Å². The van der Waals surface area contributed by atoms with Gasteiger partial charge in [-0.2, -0.15) is 0 Å². The number of carbonyl (C=O) groups excluding carboxylic acids is 2. The summed E-state index contributed by atoms with van der Waals surface area (Å²) in [6.07, 6.45) is 10.1. The minimum absolute atomic E-state index is 0.363. The SMILES string of the molecule is CCCCCOC(=O)C1=C(C(=O)OCCCCC)CCCC(C)=C1. The number of carbonyl (C=O) groups is 2. The fourth-order valence-corrected chi connectivity index (χ4v) is 2.68. The van der Waals surface area contributed by atoms with E-state index >= 15 is 0 Å². The molecule has 136 valence electrons. The third-order valence-electron chi connectivity index (χ3n) is 4.14. The van der Waals surface area contributed by atoms with Crippen molar-refractivity contribution < 1.29 is 19.1 Å². The van der Waals surface area contributed by atoms with Crippen LogP contribution in [0.2, 0.25) is 0 Å². The number of rotatable bonds is 10. The Kier molecular flexibility index (Phi) is 10.1. The molecule has 0 aliphatic heterocycles. The van der Waals surface area contributed by atoms with E-state index in [1.54, 1.807) is 6.08 Å². The van der Waals surface area contributed by atoms with Gasteiger partial charge in [0.25, 0.3) is 0 Å². The van der Waals surface area contributed by atoms with E-state index in [1.165, 1.54) is 0 Å². The largest absolute Gasteiger partial charge is 0.462 e. The highest BCUT2D eigenvalue weighted by atomic mass is 16.5. The summed E-state index contributed by atoms with van der Waals surface area (Å²) in [5, 5.41) is 0. The average Bonchev–Trinajstić information content (AvgIpc) is 2.77. The summed E-state index contributed by atoms with van der Waals surface area (Å²) < 4.78 is 10.7. The summed E-state index contributed by atoms with van der Waals surface area (Å²) in [6, 6.07) is 0. The summed E-state index contributed by atoms with van der Waals surface area (Å²) in [5.41, 5.74) is 1.97. The quantitative estimate of drug-likeness (QED) is 0.421. The van der Waals surface area contributed by atoms with Gasteiger partial charge in [0.2, 0.25) is 0 Å². The van der Waals surface area contributed by atoms with Gasteiger partial charge < -0.3 is 9.47 Å². The van der Waals surface area contributed by atoms with Gasteiger partial charge in [-0.1, -0.05) is 45.1 Å². The molecule has 0 radical (unpaired) electrons. The first-order valence-electron chi connectivity index (χ1n) is 9.34. The average molecular weight is 336 g/mol. The van der Waals surface area contributed by atoms with Crippen molar-refractivity contribution in [2.45, 2.75) is 78.6 Å². The van der Waals surface area contributed by atoms with Crippen LogP contribution in [0.4, 0.5) is 0 Å². The molecule has 0 amide bonds. The van der Waals surface area contributed by atoms with Crippen LogP contribution in [0.3, 0.4) is 0 Å². The number of hydrogen-bond acceptors (Lipinski definition) is 4. The molecule has 0 saturated carbocycles. The Morgan fingerprint density at radius 1 is 0.917 bits per heavy atom. The maximum Gasteiger partial charge on any atom is 0.338 e.